The molecule has 0 radical (unpaired) electrons. The molecule has 2 rings (SSSR count). The smallest absolute Gasteiger partial charge is 0.128 e. The lowest BCUT2D eigenvalue weighted by molar-refractivity contribution is 0.122. The minimum Gasteiger partial charge on any atom is -0.378 e. The van der Waals surface area contributed by atoms with E-state index in [0.717, 1.165) is 32.1 Å². The SMILES string of the molecule is Cc1cc(N2CCOCC2)ncc1SC(C)(C)C. The third kappa shape index (κ3) is 3.62. The van der Waals surface area contributed by atoms with Gasteiger partial charge < -0.3 is 9.64 Å². The van der Waals surface area contributed by atoms with Gasteiger partial charge in [0.15, 0.2) is 0 Å². The molecule has 1 aliphatic rings. The normalized spacial score (nSPS) is 17.0. The predicted molar refractivity (Wildman–Crippen MR) is 77.6 cm³/mol. The lowest BCUT2D eigenvalue weighted by Gasteiger charge is -2.28. The number of aryl methyl sites for hydroxylation is 1. The van der Waals surface area contributed by atoms with E-state index in [1.165, 1.54) is 10.5 Å². The molecule has 0 spiro atoms. The van der Waals surface area contributed by atoms with Crippen LogP contribution in [-0.4, -0.2) is 36.0 Å². The Balaban J connectivity index is 2.13. The van der Waals surface area contributed by atoms with Crippen molar-refractivity contribution in [3.8, 4) is 0 Å². The molecule has 1 aromatic rings. The van der Waals surface area contributed by atoms with Gasteiger partial charge in [0.05, 0.1) is 13.2 Å². The van der Waals surface area contributed by atoms with E-state index < -0.39 is 0 Å². The van der Waals surface area contributed by atoms with Gasteiger partial charge in [0.2, 0.25) is 0 Å². The molecule has 0 saturated carbocycles. The first kappa shape index (κ1) is 13.7. The molecule has 0 N–H and O–H groups in total. The maximum absolute atomic E-state index is 5.37. The fourth-order valence-corrected chi connectivity index (χ4v) is 2.92. The van der Waals surface area contributed by atoms with Gasteiger partial charge in [-0.1, -0.05) is 20.8 Å². The van der Waals surface area contributed by atoms with Gasteiger partial charge >= 0.3 is 0 Å². The van der Waals surface area contributed by atoms with Crippen LogP contribution in [0.1, 0.15) is 26.3 Å². The average Bonchev–Trinajstić information content (AvgIpc) is 2.31. The molecule has 0 aliphatic carbocycles. The lowest BCUT2D eigenvalue weighted by Crippen LogP contribution is -2.36. The zero-order valence-corrected chi connectivity index (χ0v) is 12.5. The second-order valence-electron chi connectivity index (χ2n) is 5.62. The Kier molecular flexibility index (Phi) is 4.17. The Labute approximate surface area is 114 Å². The van der Waals surface area contributed by atoms with Crippen LogP contribution in [0.3, 0.4) is 0 Å². The summed E-state index contributed by atoms with van der Waals surface area (Å²) >= 11 is 1.88. The summed E-state index contributed by atoms with van der Waals surface area (Å²) < 4.78 is 5.60. The van der Waals surface area contributed by atoms with E-state index in [0.29, 0.717) is 0 Å². The highest BCUT2D eigenvalue weighted by atomic mass is 32.2. The van der Waals surface area contributed by atoms with E-state index in [2.05, 4.69) is 43.6 Å². The minimum atomic E-state index is 0.229. The van der Waals surface area contributed by atoms with E-state index in [-0.39, 0.29) is 4.75 Å². The van der Waals surface area contributed by atoms with Gasteiger partial charge in [0, 0.05) is 28.9 Å². The number of hydrogen-bond donors (Lipinski definition) is 0. The highest BCUT2D eigenvalue weighted by Crippen LogP contribution is 2.34. The summed E-state index contributed by atoms with van der Waals surface area (Å²) in [6.45, 7) is 12.3. The standard InChI is InChI=1S/C14H22N2OS/c1-11-9-13(16-5-7-17-8-6-16)15-10-12(11)18-14(2,3)4/h9-10H,5-8H2,1-4H3. The number of anilines is 1. The van der Waals surface area contributed by atoms with Crippen molar-refractivity contribution in [3.63, 3.8) is 0 Å². The molecular formula is C14H22N2OS. The highest BCUT2D eigenvalue weighted by molar-refractivity contribution is 8.00. The number of pyridine rings is 1. The summed E-state index contributed by atoms with van der Waals surface area (Å²) in [6.07, 6.45) is 2.01. The minimum absolute atomic E-state index is 0.229. The number of morpholine rings is 1. The number of rotatable bonds is 2. The van der Waals surface area contributed by atoms with Crippen LogP contribution < -0.4 is 4.90 Å². The van der Waals surface area contributed by atoms with Gasteiger partial charge in [-0.05, 0) is 18.6 Å². The summed E-state index contributed by atoms with van der Waals surface area (Å²) in [7, 11) is 0. The van der Waals surface area contributed by atoms with Crippen molar-refractivity contribution in [1.29, 1.82) is 0 Å². The number of thioether (sulfide) groups is 1. The zero-order valence-electron chi connectivity index (χ0n) is 11.7. The Bertz CT molecular complexity index is 409. The molecule has 0 bridgehead atoms. The highest BCUT2D eigenvalue weighted by Gasteiger charge is 2.16. The predicted octanol–water partition coefficient (Wildman–Crippen LogP) is 3.12. The van der Waals surface area contributed by atoms with Crippen LogP contribution in [0.2, 0.25) is 0 Å². The quantitative estimate of drug-likeness (QED) is 0.768. The van der Waals surface area contributed by atoms with Crippen LogP contribution in [0, 0.1) is 6.92 Å². The second-order valence-corrected chi connectivity index (χ2v) is 7.49. The molecule has 1 saturated heterocycles. The zero-order chi connectivity index (χ0) is 13.2. The van der Waals surface area contributed by atoms with E-state index in [9.17, 15) is 0 Å². The van der Waals surface area contributed by atoms with Gasteiger partial charge in [-0.15, -0.1) is 11.8 Å². The Morgan fingerprint density at radius 2 is 1.94 bits per heavy atom. The van der Waals surface area contributed by atoms with Crippen LogP contribution >= 0.6 is 11.8 Å². The second kappa shape index (κ2) is 5.49. The lowest BCUT2D eigenvalue weighted by atomic mass is 10.2. The van der Waals surface area contributed by atoms with Crippen molar-refractivity contribution < 1.29 is 4.74 Å². The molecule has 0 aromatic carbocycles. The third-order valence-electron chi connectivity index (χ3n) is 2.80. The van der Waals surface area contributed by atoms with Crippen molar-refractivity contribution in [1.82, 2.24) is 4.98 Å². The number of hydrogen-bond acceptors (Lipinski definition) is 4. The van der Waals surface area contributed by atoms with Crippen molar-refractivity contribution >= 4 is 17.6 Å². The Morgan fingerprint density at radius 1 is 1.28 bits per heavy atom. The van der Waals surface area contributed by atoms with Crippen LogP contribution in [0.25, 0.3) is 0 Å². The maximum atomic E-state index is 5.37. The topological polar surface area (TPSA) is 25.4 Å². The van der Waals surface area contributed by atoms with Crippen LogP contribution in [0.15, 0.2) is 17.2 Å². The van der Waals surface area contributed by atoms with Gasteiger partial charge in [0.25, 0.3) is 0 Å². The molecule has 0 atom stereocenters. The molecule has 1 aliphatic heterocycles. The van der Waals surface area contributed by atoms with Crippen molar-refractivity contribution in [3.05, 3.63) is 17.8 Å². The molecular weight excluding hydrogens is 244 g/mol. The number of ether oxygens (including phenoxy) is 1. The monoisotopic (exact) mass is 266 g/mol. The summed E-state index contributed by atoms with van der Waals surface area (Å²) in [5.41, 5.74) is 1.31. The Morgan fingerprint density at radius 3 is 2.50 bits per heavy atom. The summed E-state index contributed by atoms with van der Waals surface area (Å²) in [5, 5.41) is 0. The van der Waals surface area contributed by atoms with Crippen LogP contribution in [-0.2, 0) is 4.74 Å². The van der Waals surface area contributed by atoms with Crippen molar-refractivity contribution in [2.75, 3.05) is 31.2 Å². The first-order chi connectivity index (χ1) is 8.46. The van der Waals surface area contributed by atoms with Gasteiger partial charge in [-0.3, -0.25) is 0 Å². The number of nitrogens with zero attached hydrogens (tertiary/aromatic N) is 2. The van der Waals surface area contributed by atoms with Gasteiger partial charge in [0.1, 0.15) is 5.82 Å². The summed E-state index contributed by atoms with van der Waals surface area (Å²) in [6, 6.07) is 2.19. The third-order valence-corrected chi connectivity index (χ3v) is 4.06. The molecule has 100 valence electrons. The molecule has 1 aromatic heterocycles. The van der Waals surface area contributed by atoms with Gasteiger partial charge in [-0.2, -0.15) is 0 Å². The fraction of sp³-hybridized carbons (Fsp3) is 0.643. The fourth-order valence-electron chi connectivity index (χ4n) is 1.93. The molecule has 3 nitrogen and oxygen atoms in total. The van der Waals surface area contributed by atoms with E-state index in [4.69, 9.17) is 4.74 Å². The van der Waals surface area contributed by atoms with E-state index in [1.807, 2.05) is 18.0 Å². The average molecular weight is 266 g/mol. The Hall–Kier alpha value is -0.740. The maximum Gasteiger partial charge on any atom is 0.128 e. The van der Waals surface area contributed by atoms with E-state index in [1.54, 1.807) is 0 Å². The van der Waals surface area contributed by atoms with Crippen LogP contribution in [0.5, 0.6) is 0 Å². The largest absolute Gasteiger partial charge is 0.378 e. The first-order valence-corrected chi connectivity index (χ1v) is 7.26. The molecule has 18 heavy (non-hydrogen) atoms. The molecule has 0 unspecified atom stereocenters. The van der Waals surface area contributed by atoms with Crippen LogP contribution in [0.4, 0.5) is 5.82 Å². The van der Waals surface area contributed by atoms with Crippen molar-refractivity contribution in [2.24, 2.45) is 0 Å². The summed E-state index contributed by atoms with van der Waals surface area (Å²) in [5.74, 6) is 1.08. The first-order valence-electron chi connectivity index (χ1n) is 6.44. The van der Waals surface area contributed by atoms with Gasteiger partial charge in [-0.25, -0.2) is 4.98 Å². The number of aromatic nitrogens is 1. The molecule has 2 heterocycles. The molecule has 0 amide bonds. The van der Waals surface area contributed by atoms with E-state index >= 15 is 0 Å². The van der Waals surface area contributed by atoms with Crippen molar-refractivity contribution in [2.45, 2.75) is 37.3 Å². The molecule has 4 heteroatoms. The summed E-state index contributed by atoms with van der Waals surface area (Å²) in [4.78, 5) is 8.17. The molecule has 1 fully saturated rings.